The van der Waals surface area contributed by atoms with Gasteiger partial charge in [0.2, 0.25) is 5.91 Å². The van der Waals surface area contributed by atoms with Crippen LogP contribution in [0.5, 0.6) is 0 Å². The highest BCUT2D eigenvalue weighted by Crippen LogP contribution is 2.36. The van der Waals surface area contributed by atoms with Crippen LogP contribution >= 0.6 is 39.1 Å². The van der Waals surface area contributed by atoms with E-state index >= 15 is 0 Å². The Hall–Kier alpha value is -0.450. The second kappa shape index (κ2) is 5.94. The summed E-state index contributed by atoms with van der Waals surface area (Å²) in [6, 6.07) is 3.20. The van der Waals surface area contributed by atoms with Crippen molar-refractivity contribution in [2.75, 3.05) is 19.4 Å². The third-order valence-corrected chi connectivity index (χ3v) is 3.99. The first-order chi connectivity index (χ1) is 7.84. The van der Waals surface area contributed by atoms with Gasteiger partial charge in [-0.15, -0.1) is 0 Å². The first-order valence-electron chi connectivity index (χ1n) is 4.95. The second-order valence-electron chi connectivity index (χ2n) is 3.82. The fraction of sp³-hybridized carbons (Fsp3) is 0.364. The third kappa shape index (κ3) is 3.50. The van der Waals surface area contributed by atoms with Gasteiger partial charge >= 0.3 is 0 Å². The first kappa shape index (κ1) is 14.6. The maximum absolute atomic E-state index is 11.7. The van der Waals surface area contributed by atoms with Crippen molar-refractivity contribution in [1.29, 1.82) is 0 Å². The predicted octanol–water partition coefficient (Wildman–Crippen LogP) is 3.64. The van der Waals surface area contributed by atoms with E-state index in [1.807, 2.05) is 0 Å². The van der Waals surface area contributed by atoms with Gasteiger partial charge in [0.1, 0.15) is 6.04 Å². The maximum atomic E-state index is 11.7. The maximum Gasteiger partial charge on any atom is 0.244 e. The average molecular weight is 340 g/mol. The van der Waals surface area contributed by atoms with Crippen LogP contribution < -0.4 is 5.32 Å². The number of rotatable bonds is 3. The molecule has 0 spiro atoms. The molecular weight excluding hydrogens is 327 g/mol. The Balaban J connectivity index is 2.90. The molecule has 1 unspecified atom stereocenters. The Bertz CT molecular complexity index is 438. The number of nitrogens with one attached hydrogen (secondary N) is 1. The Morgan fingerprint density at radius 2 is 1.94 bits per heavy atom. The lowest BCUT2D eigenvalue weighted by Crippen LogP contribution is -2.36. The minimum atomic E-state index is -0.361. The molecule has 0 aliphatic rings. The summed E-state index contributed by atoms with van der Waals surface area (Å²) in [7, 11) is 3.41. The molecule has 0 saturated carbocycles. The van der Waals surface area contributed by atoms with Crippen molar-refractivity contribution < 1.29 is 4.79 Å². The predicted molar refractivity (Wildman–Crippen MR) is 75.9 cm³/mol. The molecule has 0 aromatic heterocycles. The van der Waals surface area contributed by atoms with Gasteiger partial charge in [-0.05, 0) is 35.0 Å². The molecule has 1 aromatic rings. The summed E-state index contributed by atoms with van der Waals surface area (Å²) >= 11 is 15.4. The number of benzene rings is 1. The summed E-state index contributed by atoms with van der Waals surface area (Å²) in [4.78, 5) is 13.2. The largest absolute Gasteiger partial charge is 0.373 e. The summed E-state index contributed by atoms with van der Waals surface area (Å²) in [5, 5.41) is 3.86. The number of anilines is 1. The van der Waals surface area contributed by atoms with E-state index in [1.165, 1.54) is 4.90 Å². The zero-order valence-electron chi connectivity index (χ0n) is 9.72. The van der Waals surface area contributed by atoms with E-state index in [0.29, 0.717) is 15.7 Å². The molecule has 17 heavy (non-hydrogen) atoms. The topological polar surface area (TPSA) is 32.3 Å². The van der Waals surface area contributed by atoms with Gasteiger partial charge in [-0.25, -0.2) is 0 Å². The minimum Gasteiger partial charge on any atom is -0.373 e. The number of carbonyl (C=O) groups excluding carboxylic acids is 1. The van der Waals surface area contributed by atoms with Crippen LogP contribution in [0.4, 0.5) is 5.69 Å². The lowest BCUT2D eigenvalue weighted by atomic mass is 10.2. The van der Waals surface area contributed by atoms with Crippen LogP contribution in [0.3, 0.4) is 0 Å². The number of amides is 1. The van der Waals surface area contributed by atoms with E-state index in [-0.39, 0.29) is 11.9 Å². The summed E-state index contributed by atoms with van der Waals surface area (Å²) in [6.45, 7) is 1.77. The molecule has 0 fully saturated rings. The van der Waals surface area contributed by atoms with Crippen LogP contribution in [0.2, 0.25) is 10.0 Å². The number of hydrogen-bond donors (Lipinski definition) is 1. The summed E-state index contributed by atoms with van der Waals surface area (Å²) in [6.07, 6.45) is 0. The Labute approximate surface area is 119 Å². The van der Waals surface area contributed by atoms with Crippen LogP contribution in [-0.2, 0) is 4.79 Å². The molecule has 94 valence electrons. The van der Waals surface area contributed by atoms with E-state index < -0.39 is 0 Å². The van der Waals surface area contributed by atoms with E-state index in [1.54, 1.807) is 33.2 Å². The first-order valence-corrected chi connectivity index (χ1v) is 6.50. The molecule has 6 heteroatoms. The summed E-state index contributed by atoms with van der Waals surface area (Å²) in [5.74, 6) is -0.0277. The standard InChI is InChI=1S/C11H13BrCl2N2O/c1-6(11(17)16(2)3)15-8-5-4-7(12)9(13)10(8)14/h4-6,15H,1-3H3. The van der Waals surface area contributed by atoms with Crippen molar-refractivity contribution in [3.8, 4) is 0 Å². The molecule has 3 nitrogen and oxygen atoms in total. The van der Waals surface area contributed by atoms with Gasteiger partial charge < -0.3 is 10.2 Å². The molecule has 1 atom stereocenters. The van der Waals surface area contributed by atoms with E-state index in [9.17, 15) is 4.79 Å². The average Bonchev–Trinajstić information content (AvgIpc) is 2.28. The number of likely N-dealkylation sites (N-methyl/N-ethyl adjacent to an activating group) is 1. The molecule has 1 N–H and O–H groups in total. The van der Waals surface area contributed by atoms with Crippen molar-refractivity contribution in [1.82, 2.24) is 4.90 Å². The zero-order valence-corrected chi connectivity index (χ0v) is 12.8. The highest BCUT2D eigenvalue weighted by molar-refractivity contribution is 9.10. The minimum absolute atomic E-state index is 0.0277. The smallest absolute Gasteiger partial charge is 0.244 e. The monoisotopic (exact) mass is 338 g/mol. The molecule has 1 rings (SSSR count). The van der Waals surface area contributed by atoms with Crippen LogP contribution in [0.25, 0.3) is 0 Å². The molecule has 0 radical (unpaired) electrons. The van der Waals surface area contributed by atoms with Crippen LogP contribution in [0, 0.1) is 0 Å². The van der Waals surface area contributed by atoms with E-state index in [2.05, 4.69) is 21.2 Å². The fourth-order valence-corrected chi connectivity index (χ4v) is 2.15. The molecule has 0 bridgehead atoms. The molecular formula is C11H13BrCl2N2O. The molecule has 1 amide bonds. The summed E-state index contributed by atoms with van der Waals surface area (Å²) < 4.78 is 0.723. The zero-order chi connectivity index (χ0) is 13.2. The fourth-order valence-electron chi connectivity index (χ4n) is 1.32. The lowest BCUT2D eigenvalue weighted by molar-refractivity contribution is -0.129. The van der Waals surface area contributed by atoms with Gasteiger partial charge in [0.15, 0.2) is 0 Å². The van der Waals surface area contributed by atoms with Crippen LogP contribution in [-0.4, -0.2) is 30.9 Å². The van der Waals surface area contributed by atoms with Crippen molar-refractivity contribution >= 4 is 50.7 Å². The number of nitrogens with zero attached hydrogens (tertiary/aromatic N) is 1. The summed E-state index contributed by atoms with van der Waals surface area (Å²) in [5.41, 5.74) is 0.641. The Morgan fingerprint density at radius 1 is 1.35 bits per heavy atom. The van der Waals surface area contributed by atoms with Crippen molar-refractivity contribution in [3.05, 3.63) is 26.7 Å². The van der Waals surface area contributed by atoms with Crippen molar-refractivity contribution in [2.24, 2.45) is 0 Å². The highest BCUT2D eigenvalue weighted by atomic mass is 79.9. The Kier molecular flexibility index (Phi) is 5.10. The van der Waals surface area contributed by atoms with Gasteiger partial charge in [-0.1, -0.05) is 23.2 Å². The van der Waals surface area contributed by atoms with Gasteiger partial charge in [0.25, 0.3) is 0 Å². The van der Waals surface area contributed by atoms with Crippen molar-refractivity contribution in [2.45, 2.75) is 13.0 Å². The van der Waals surface area contributed by atoms with Crippen LogP contribution in [0.15, 0.2) is 16.6 Å². The van der Waals surface area contributed by atoms with Gasteiger partial charge in [0.05, 0.1) is 15.7 Å². The van der Waals surface area contributed by atoms with Gasteiger partial charge in [-0.2, -0.15) is 0 Å². The third-order valence-electron chi connectivity index (χ3n) is 2.22. The van der Waals surface area contributed by atoms with Crippen LogP contribution in [0.1, 0.15) is 6.92 Å². The normalized spacial score (nSPS) is 12.1. The van der Waals surface area contributed by atoms with E-state index in [4.69, 9.17) is 23.2 Å². The molecule has 0 aliphatic carbocycles. The lowest BCUT2D eigenvalue weighted by Gasteiger charge is -2.20. The SMILES string of the molecule is CC(Nc1ccc(Br)c(Cl)c1Cl)C(=O)N(C)C. The molecule has 0 heterocycles. The number of halogens is 3. The quantitative estimate of drug-likeness (QED) is 0.852. The second-order valence-corrected chi connectivity index (χ2v) is 5.43. The molecule has 1 aromatic carbocycles. The Morgan fingerprint density at radius 3 is 2.47 bits per heavy atom. The molecule has 0 saturated heterocycles. The number of carbonyl (C=O) groups is 1. The number of hydrogen-bond acceptors (Lipinski definition) is 2. The van der Waals surface area contributed by atoms with Gasteiger partial charge in [0, 0.05) is 18.6 Å². The highest BCUT2D eigenvalue weighted by Gasteiger charge is 2.17. The van der Waals surface area contributed by atoms with E-state index in [0.717, 1.165) is 4.47 Å². The van der Waals surface area contributed by atoms with Gasteiger partial charge in [-0.3, -0.25) is 4.79 Å². The molecule has 0 aliphatic heterocycles. The van der Waals surface area contributed by atoms with Crippen molar-refractivity contribution in [3.63, 3.8) is 0 Å².